The molecule has 194 valence electrons. The van der Waals surface area contributed by atoms with E-state index in [-0.39, 0.29) is 24.4 Å². The van der Waals surface area contributed by atoms with E-state index in [1.54, 1.807) is 44.3 Å². The Labute approximate surface area is 218 Å². The number of hydrogen-bond donors (Lipinski definition) is 1. The molecule has 0 amide bonds. The number of hydrogen-bond acceptors (Lipinski definition) is 9. The van der Waals surface area contributed by atoms with Crippen LogP contribution in [0.5, 0.6) is 28.9 Å². The lowest BCUT2D eigenvalue weighted by atomic mass is 9.83. The first-order valence-corrected chi connectivity index (χ1v) is 12.1. The Bertz CT molecular complexity index is 1580. The first-order chi connectivity index (χ1) is 18.6. The molecule has 0 fully saturated rings. The number of aromatic hydroxyl groups is 1. The molecule has 2 aliphatic rings. The van der Waals surface area contributed by atoms with Gasteiger partial charge in [0.15, 0.2) is 23.0 Å². The van der Waals surface area contributed by atoms with Gasteiger partial charge in [-0.2, -0.15) is 0 Å². The summed E-state index contributed by atoms with van der Waals surface area (Å²) in [6, 6.07) is 10.8. The maximum atomic E-state index is 10.1. The molecule has 0 saturated carbocycles. The smallest absolute Gasteiger partial charge is 0.228 e. The van der Waals surface area contributed by atoms with Gasteiger partial charge in [-0.1, -0.05) is 24.3 Å². The molecule has 1 aliphatic heterocycles. The molecule has 4 aromatic rings. The SMILES string of the molecule is COc1ccc([C@H]2c3ccc(O)cc3Oc3ncn4nc(COC5=CC=CC[C@@H]5OC)nc4c32)cc1OC. The van der Waals surface area contributed by atoms with Gasteiger partial charge in [0.1, 0.15) is 36.3 Å². The zero-order chi connectivity index (χ0) is 26.2. The molecule has 0 unspecified atom stereocenters. The summed E-state index contributed by atoms with van der Waals surface area (Å²) in [6.45, 7) is 0.169. The van der Waals surface area contributed by atoms with Crippen LogP contribution in [-0.4, -0.2) is 52.1 Å². The Morgan fingerprint density at radius 1 is 1.08 bits per heavy atom. The molecule has 3 heterocycles. The Kier molecular flexibility index (Phi) is 6.09. The molecule has 6 rings (SSSR count). The first kappa shape index (κ1) is 23.8. The van der Waals surface area contributed by atoms with Crippen LogP contribution in [0.3, 0.4) is 0 Å². The van der Waals surface area contributed by atoms with Crippen molar-refractivity contribution in [1.82, 2.24) is 19.6 Å². The van der Waals surface area contributed by atoms with E-state index in [4.69, 9.17) is 28.7 Å². The zero-order valence-electron chi connectivity index (χ0n) is 21.1. The van der Waals surface area contributed by atoms with Gasteiger partial charge >= 0.3 is 0 Å². The van der Waals surface area contributed by atoms with Gasteiger partial charge in [-0.25, -0.2) is 14.5 Å². The summed E-state index contributed by atoms with van der Waals surface area (Å²) < 4.78 is 30.3. The van der Waals surface area contributed by atoms with Crippen molar-refractivity contribution in [3.63, 3.8) is 0 Å². The van der Waals surface area contributed by atoms with E-state index in [9.17, 15) is 5.11 Å². The van der Waals surface area contributed by atoms with E-state index in [1.807, 2.05) is 42.5 Å². The van der Waals surface area contributed by atoms with E-state index in [0.29, 0.717) is 34.6 Å². The number of nitrogens with zero attached hydrogens (tertiary/aromatic N) is 4. The van der Waals surface area contributed by atoms with Crippen LogP contribution in [0.2, 0.25) is 0 Å². The molecule has 1 N–H and O–H groups in total. The monoisotopic (exact) mass is 514 g/mol. The minimum atomic E-state index is -0.326. The standard InChI is InChI=1S/C28H26N4O6/c1-34-19-6-4-5-7-21(19)37-14-24-30-27-26-25(16-8-11-20(35-2)23(12-16)36-3)18-10-9-17(33)13-22(18)38-28(26)29-15-32(27)31-24/h4-5,7-13,15,19,25,33H,6,14H2,1-3H3/t19-,25-/m0/s1. The van der Waals surface area contributed by atoms with Crippen LogP contribution < -0.4 is 14.2 Å². The van der Waals surface area contributed by atoms with E-state index >= 15 is 0 Å². The Morgan fingerprint density at radius 2 is 1.95 bits per heavy atom. The molecule has 2 aromatic heterocycles. The molecule has 0 radical (unpaired) electrons. The van der Waals surface area contributed by atoms with Crippen molar-refractivity contribution >= 4 is 5.65 Å². The Morgan fingerprint density at radius 3 is 2.76 bits per heavy atom. The first-order valence-electron chi connectivity index (χ1n) is 12.1. The highest BCUT2D eigenvalue weighted by Crippen LogP contribution is 2.49. The van der Waals surface area contributed by atoms with Gasteiger partial charge in [-0.15, -0.1) is 5.10 Å². The fraction of sp³-hybridized carbons (Fsp3) is 0.250. The molecule has 2 atom stereocenters. The minimum Gasteiger partial charge on any atom is -0.508 e. The average molecular weight is 515 g/mol. The lowest BCUT2D eigenvalue weighted by Crippen LogP contribution is -2.17. The predicted molar refractivity (Wildman–Crippen MR) is 137 cm³/mol. The lowest BCUT2D eigenvalue weighted by Gasteiger charge is -2.28. The summed E-state index contributed by atoms with van der Waals surface area (Å²) >= 11 is 0. The van der Waals surface area contributed by atoms with Gasteiger partial charge in [0.25, 0.3) is 0 Å². The van der Waals surface area contributed by atoms with Crippen LogP contribution in [-0.2, 0) is 16.1 Å². The highest BCUT2D eigenvalue weighted by Gasteiger charge is 2.34. The summed E-state index contributed by atoms with van der Waals surface area (Å²) in [4.78, 5) is 9.36. The molecule has 0 saturated heterocycles. The second kappa shape index (κ2) is 9.71. The number of aromatic nitrogens is 4. The fourth-order valence-corrected chi connectivity index (χ4v) is 4.88. The third kappa shape index (κ3) is 4.08. The van der Waals surface area contributed by atoms with Crippen molar-refractivity contribution < 1.29 is 28.8 Å². The molecule has 0 spiro atoms. The van der Waals surface area contributed by atoms with Crippen molar-refractivity contribution in [2.75, 3.05) is 21.3 Å². The largest absolute Gasteiger partial charge is 0.508 e. The van der Waals surface area contributed by atoms with Gasteiger partial charge in [-0.05, 0) is 36.3 Å². The summed E-state index contributed by atoms with van der Waals surface area (Å²) in [5.74, 6) is 3.11. The Hall–Kier alpha value is -4.57. The number of fused-ring (bicyclic) bond motifs is 4. The summed E-state index contributed by atoms with van der Waals surface area (Å²) in [5, 5.41) is 14.7. The molecule has 0 bridgehead atoms. The van der Waals surface area contributed by atoms with Gasteiger partial charge in [0.2, 0.25) is 5.88 Å². The molecule has 1 aliphatic carbocycles. The number of allylic oxidation sites excluding steroid dienone is 2. The number of methoxy groups -OCH3 is 3. The number of ether oxygens (including phenoxy) is 5. The van der Waals surface area contributed by atoms with Gasteiger partial charge < -0.3 is 28.8 Å². The van der Waals surface area contributed by atoms with E-state index in [0.717, 1.165) is 28.9 Å². The lowest BCUT2D eigenvalue weighted by molar-refractivity contribution is 0.0565. The zero-order valence-corrected chi connectivity index (χ0v) is 21.1. The second-order valence-corrected chi connectivity index (χ2v) is 8.88. The van der Waals surface area contributed by atoms with Crippen molar-refractivity contribution in [1.29, 1.82) is 0 Å². The summed E-state index contributed by atoms with van der Waals surface area (Å²) in [6.07, 6.45) is 8.05. The van der Waals surface area contributed by atoms with Crippen LogP contribution in [0.15, 0.2) is 66.7 Å². The van der Waals surface area contributed by atoms with Crippen LogP contribution in [0.25, 0.3) is 5.65 Å². The quantitative estimate of drug-likeness (QED) is 0.335. The van der Waals surface area contributed by atoms with E-state index in [2.05, 4.69) is 10.1 Å². The number of phenolic OH excluding ortho intramolecular Hbond substituents is 1. The van der Waals surface area contributed by atoms with Crippen LogP contribution in [0.1, 0.15) is 34.9 Å². The maximum Gasteiger partial charge on any atom is 0.228 e. The van der Waals surface area contributed by atoms with Gasteiger partial charge in [0, 0.05) is 24.7 Å². The van der Waals surface area contributed by atoms with Crippen molar-refractivity contribution in [2.45, 2.75) is 25.0 Å². The minimum absolute atomic E-state index is 0.0995. The highest BCUT2D eigenvalue weighted by molar-refractivity contribution is 5.67. The van der Waals surface area contributed by atoms with Crippen LogP contribution in [0, 0.1) is 0 Å². The molecule has 38 heavy (non-hydrogen) atoms. The van der Waals surface area contributed by atoms with Crippen molar-refractivity contribution in [3.05, 3.63) is 89.2 Å². The molecule has 2 aromatic carbocycles. The topological polar surface area (TPSA) is 109 Å². The number of benzene rings is 2. The molecular weight excluding hydrogens is 488 g/mol. The van der Waals surface area contributed by atoms with Crippen LogP contribution >= 0.6 is 0 Å². The third-order valence-corrected chi connectivity index (χ3v) is 6.69. The average Bonchev–Trinajstić information content (AvgIpc) is 3.38. The van der Waals surface area contributed by atoms with E-state index in [1.165, 1.54) is 0 Å². The van der Waals surface area contributed by atoms with E-state index < -0.39 is 0 Å². The van der Waals surface area contributed by atoms with Crippen molar-refractivity contribution in [2.24, 2.45) is 0 Å². The fourth-order valence-electron chi connectivity index (χ4n) is 4.88. The summed E-state index contributed by atoms with van der Waals surface area (Å²) in [5.41, 5.74) is 3.09. The van der Waals surface area contributed by atoms with Gasteiger partial charge in [0.05, 0.1) is 19.8 Å². The predicted octanol–water partition coefficient (Wildman–Crippen LogP) is 4.51. The van der Waals surface area contributed by atoms with Gasteiger partial charge in [-0.3, -0.25) is 0 Å². The van der Waals surface area contributed by atoms with Crippen molar-refractivity contribution in [3.8, 4) is 28.9 Å². The molecular formula is C28H26N4O6. The molecule has 10 heteroatoms. The molecule has 10 nitrogen and oxygen atoms in total. The number of phenols is 1. The summed E-state index contributed by atoms with van der Waals surface area (Å²) in [7, 11) is 4.86. The second-order valence-electron chi connectivity index (χ2n) is 8.88. The normalized spacial score (nSPS) is 17.8. The maximum absolute atomic E-state index is 10.1. The highest BCUT2D eigenvalue weighted by atomic mass is 16.5. The van der Waals surface area contributed by atoms with Crippen LogP contribution in [0.4, 0.5) is 0 Å². The number of rotatable bonds is 7. The Balaban J connectivity index is 1.45. The third-order valence-electron chi connectivity index (χ3n) is 6.69.